The molecule has 32 heavy (non-hydrogen) atoms. The number of ether oxygens (including phenoxy) is 1. The van der Waals surface area contributed by atoms with E-state index in [0.717, 1.165) is 19.0 Å². The Morgan fingerprint density at radius 2 is 1.72 bits per heavy atom. The smallest absolute Gasteiger partial charge is 0.269 e. The van der Waals surface area contributed by atoms with Gasteiger partial charge >= 0.3 is 0 Å². The third-order valence-electron chi connectivity index (χ3n) is 4.30. The summed E-state index contributed by atoms with van der Waals surface area (Å²) >= 11 is 0. The summed E-state index contributed by atoms with van der Waals surface area (Å²) in [7, 11) is -2.73. The fourth-order valence-electron chi connectivity index (χ4n) is 2.54. The molecule has 1 aromatic carbocycles. The third-order valence-corrected chi connectivity index (χ3v) is 5.63. The summed E-state index contributed by atoms with van der Waals surface area (Å²) in [5.74, 6) is -1.76. The van der Waals surface area contributed by atoms with Crippen molar-refractivity contribution in [1.29, 1.82) is 0 Å². The van der Waals surface area contributed by atoms with Gasteiger partial charge in [0.1, 0.15) is 5.69 Å². The van der Waals surface area contributed by atoms with E-state index in [1.165, 1.54) is 43.5 Å². The van der Waals surface area contributed by atoms with Crippen LogP contribution in [0, 0.1) is 0 Å². The molecule has 0 saturated carbocycles. The lowest BCUT2D eigenvalue weighted by Crippen LogP contribution is -2.31. The van der Waals surface area contributed by atoms with E-state index in [1.54, 1.807) is 0 Å². The summed E-state index contributed by atoms with van der Waals surface area (Å²) < 4.78 is 32.0. The summed E-state index contributed by atoms with van der Waals surface area (Å²) in [4.78, 5) is 40.2. The van der Waals surface area contributed by atoms with Crippen LogP contribution in [-0.4, -0.2) is 57.9 Å². The van der Waals surface area contributed by atoms with Gasteiger partial charge in [-0.3, -0.25) is 19.4 Å². The lowest BCUT2D eigenvalue weighted by Gasteiger charge is -2.09. The number of nitrogens with zero attached hydrogens (tertiary/aromatic N) is 1. The average Bonchev–Trinajstić information content (AvgIpc) is 2.79. The Hall–Kier alpha value is -3.31. The molecule has 0 fully saturated rings. The molecule has 0 spiro atoms. The zero-order chi connectivity index (χ0) is 23.6. The number of unbranched alkanes of at least 4 members (excludes halogenated alkanes) is 1. The highest BCUT2D eigenvalue weighted by Gasteiger charge is 2.21. The minimum absolute atomic E-state index is 0.0459. The Labute approximate surface area is 186 Å². The number of aromatic nitrogens is 1. The van der Waals surface area contributed by atoms with E-state index >= 15 is 0 Å². The molecule has 3 N–H and O–H groups in total. The largest absolute Gasteiger partial charge is 0.383 e. The van der Waals surface area contributed by atoms with Crippen LogP contribution in [0.15, 0.2) is 47.5 Å². The molecule has 0 radical (unpaired) electrons. The fraction of sp³-hybridized carbons (Fsp3) is 0.333. The van der Waals surface area contributed by atoms with Crippen LogP contribution in [0.3, 0.4) is 0 Å². The quantitative estimate of drug-likeness (QED) is 0.424. The van der Waals surface area contributed by atoms with Crippen LogP contribution < -0.4 is 15.4 Å². The summed E-state index contributed by atoms with van der Waals surface area (Å²) in [6, 6.07) is 7.99. The zero-order valence-electron chi connectivity index (χ0n) is 17.9. The molecular formula is C21H26N4O6S. The molecule has 0 saturated heterocycles. The summed E-state index contributed by atoms with van der Waals surface area (Å²) in [6.45, 7) is 3.11. The van der Waals surface area contributed by atoms with Crippen molar-refractivity contribution >= 4 is 27.7 Å². The highest BCUT2D eigenvalue weighted by molar-refractivity contribution is 7.90. The van der Waals surface area contributed by atoms with Gasteiger partial charge in [-0.25, -0.2) is 13.1 Å². The molecule has 0 aliphatic heterocycles. The topological polar surface area (TPSA) is 144 Å². The molecule has 10 nitrogen and oxygen atoms in total. The van der Waals surface area contributed by atoms with Crippen LogP contribution in [0.25, 0.3) is 0 Å². The maximum absolute atomic E-state index is 12.6. The number of carbonyl (C=O) groups excluding carboxylic acids is 3. The Kier molecular flexibility index (Phi) is 9.29. The fourth-order valence-corrected chi connectivity index (χ4v) is 3.56. The first-order valence-corrected chi connectivity index (χ1v) is 11.5. The van der Waals surface area contributed by atoms with Crippen LogP contribution in [0.2, 0.25) is 0 Å². The van der Waals surface area contributed by atoms with Crippen LogP contribution in [0.5, 0.6) is 0 Å². The number of rotatable bonds is 11. The van der Waals surface area contributed by atoms with Gasteiger partial charge in [0.05, 0.1) is 17.1 Å². The van der Waals surface area contributed by atoms with Crippen molar-refractivity contribution in [3.05, 3.63) is 59.4 Å². The van der Waals surface area contributed by atoms with Gasteiger partial charge in [-0.05, 0) is 36.8 Å². The first-order valence-electron chi connectivity index (χ1n) is 9.97. The maximum atomic E-state index is 12.6. The molecule has 1 heterocycles. The summed E-state index contributed by atoms with van der Waals surface area (Å²) in [6.07, 6.45) is 2.82. The molecule has 1 aromatic heterocycles. The van der Waals surface area contributed by atoms with Gasteiger partial charge in [0.25, 0.3) is 27.7 Å². The number of carbonyl (C=O) groups is 3. The molecule has 3 amide bonds. The van der Waals surface area contributed by atoms with Crippen molar-refractivity contribution in [2.45, 2.75) is 24.7 Å². The normalized spacial score (nSPS) is 10.9. The van der Waals surface area contributed by atoms with Crippen molar-refractivity contribution in [3.63, 3.8) is 0 Å². The minimum atomic E-state index is -4.23. The Balaban J connectivity index is 2.07. The van der Waals surface area contributed by atoms with Crippen LogP contribution >= 0.6 is 0 Å². The number of hydrogen-bond donors (Lipinski definition) is 3. The molecule has 0 atom stereocenters. The highest BCUT2D eigenvalue weighted by Crippen LogP contribution is 2.13. The monoisotopic (exact) mass is 462 g/mol. The van der Waals surface area contributed by atoms with Gasteiger partial charge in [0.15, 0.2) is 0 Å². The standard InChI is InChI=1S/C21H26N4O6S/c1-3-4-10-22-19(26)15-6-5-7-17(13-15)32(29,30)25-20(27)16-8-9-18(24-14-16)21(28)23-11-12-31-2/h5-9,13-14H,3-4,10-12H2,1-2H3,(H,22,26)(H,23,28)(H,25,27). The Morgan fingerprint density at radius 3 is 2.38 bits per heavy atom. The number of nitrogens with one attached hydrogen (secondary N) is 3. The van der Waals surface area contributed by atoms with E-state index in [-0.39, 0.29) is 21.7 Å². The number of amides is 3. The van der Waals surface area contributed by atoms with E-state index in [4.69, 9.17) is 4.74 Å². The molecule has 2 aromatic rings. The van der Waals surface area contributed by atoms with Crippen LogP contribution in [0.4, 0.5) is 0 Å². The molecule has 2 rings (SSSR count). The molecule has 0 aliphatic carbocycles. The van der Waals surface area contributed by atoms with Crippen LogP contribution in [0.1, 0.15) is 51.0 Å². The molecule has 11 heteroatoms. The number of hydrogen-bond acceptors (Lipinski definition) is 7. The van der Waals surface area contributed by atoms with Gasteiger partial charge in [-0.1, -0.05) is 19.4 Å². The number of methoxy groups -OCH3 is 1. The van der Waals surface area contributed by atoms with Crippen molar-refractivity contribution in [2.75, 3.05) is 26.8 Å². The van der Waals surface area contributed by atoms with Gasteiger partial charge in [0, 0.05) is 32.0 Å². The van der Waals surface area contributed by atoms with Gasteiger partial charge < -0.3 is 15.4 Å². The van der Waals surface area contributed by atoms with E-state index < -0.39 is 27.7 Å². The lowest BCUT2D eigenvalue weighted by molar-refractivity contribution is 0.0927. The summed E-state index contributed by atoms with van der Waals surface area (Å²) in [5, 5.41) is 5.29. The molecule has 0 unspecified atom stereocenters. The SMILES string of the molecule is CCCCNC(=O)c1cccc(S(=O)(=O)NC(=O)c2ccc(C(=O)NCCOC)nc2)c1. The van der Waals surface area contributed by atoms with E-state index in [0.29, 0.717) is 19.7 Å². The second-order valence-electron chi connectivity index (χ2n) is 6.75. The summed E-state index contributed by atoms with van der Waals surface area (Å²) in [5.41, 5.74) is 0.194. The molecule has 0 aliphatic rings. The van der Waals surface area contributed by atoms with Gasteiger partial charge in [0.2, 0.25) is 0 Å². The van der Waals surface area contributed by atoms with E-state index in [9.17, 15) is 22.8 Å². The number of sulfonamides is 1. The molecule has 0 bridgehead atoms. The first-order chi connectivity index (χ1) is 15.3. The maximum Gasteiger partial charge on any atom is 0.269 e. The predicted molar refractivity (Wildman–Crippen MR) is 117 cm³/mol. The van der Waals surface area contributed by atoms with Gasteiger partial charge in [-0.2, -0.15) is 0 Å². The Bertz CT molecular complexity index is 1050. The first kappa shape index (κ1) is 25.0. The minimum Gasteiger partial charge on any atom is -0.383 e. The van der Waals surface area contributed by atoms with Gasteiger partial charge in [-0.15, -0.1) is 0 Å². The van der Waals surface area contributed by atoms with Crippen molar-refractivity contribution in [3.8, 4) is 0 Å². The second kappa shape index (κ2) is 11.9. The van der Waals surface area contributed by atoms with Crippen molar-refractivity contribution < 1.29 is 27.5 Å². The second-order valence-corrected chi connectivity index (χ2v) is 8.44. The molecule has 172 valence electrons. The van der Waals surface area contributed by atoms with Crippen LogP contribution in [-0.2, 0) is 14.8 Å². The van der Waals surface area contributed by atoms with Crippen molar-refractivity contribution in [1.82, 2.24) is 20.3 Å². The van der Waals surface area contributed by atoms with E-state index in [1.807, 2.05) is 11.6 Å². The zero-order valence-corrected chi connectivity index (χ0v) is 18.7. The average molecular weight is 463 g/mol. The highest BCUT2D eigenvalue weighted by atomic mass is 32.2. The third kappa shape index (κ3) is 7.13. The Morgan fingerprint density at radius 1 is 0.969 bits per heavy atom. The number of benzene rings is 1. The number of pyridine rings is 1. The molecular weight excluding hydrogens is 436 g/mol. The van der Waals surface area contributed by atoms with Crippen molar-refractivity contribution in [2.24, 2.45) is 0 Å². The predicted octanol–water partition coefficient (Wildman–Crippen LogP) is 1.11. The van der Waals surface area contributed by atoms with E-state index in [2.05, 4.69) is 15.6 Å². The lowest BCUT2D eigenvalue weighted by atomic mass is 10.2.